The van der Waals surface area contributed by atoms with E-state index in [4.69, 9.17) is 0 Å². The fraction of sp³-hybridized carbons (Fsp3) is 0.238. The Kier molecular flexibility index (Phi) is 4.54. The number of aromatic nitrogens is 1. The quantitative estimate of drug-likeness (QED) is 0.734. The van der Waals surface area contributed by atoms with E-state index in [1.54, 1.807) is 17.3 Å². The summed E-state index contributed by atoms with van der Waals surface area (Å²) >= 11 is 0. The largest absolute Gasteiger partial charge is 0.387 e. The third kappa shape index (κ3) is 3.53. The maximum Gasteiger partial charge on any atom is 0.322 e. The molecule has 1 saturated carbocycles. The van der Waals surface area contributed by atoms with Gasteiger partial charge >= 0.3 is 6.03 Å². The monoisotopic (exact) mass is 347 g/mol. The number of benzene rings is 2. The first-order valence-electron chi connectivity index (χ1n) is 8.86. The van der Waals surface area contributed by atoms with E-state index in [9.17, 15) is 9.90 Å². The summed E-state index contributed by atoms with van der Waals surface area (Å²) < 4.78 is 0. The van der Waals surface area contributed by atoms with Crippen LogP contribution >= 0.6 is 0 Å². The van der Waals surface area contributed by atoms with Crippen LogP contribution in [0.3, 0.4) is 0 Å². The highest BCUT2D eigenvalue weighted by Crippen LogP contribution is 2.30. The van der Waals surface area contributed by atoms with Gasteiger partial charge in [-0.25, -0.2) is 4.79 Å². The lowest BCUT2D eigenvalue weighted by Gasteiger charge is -2.26. The van der Waals surface area contributed by atoms with Crippen LogP contribution in [0.1, 0.15) is 24.5 Å². The first-order valence-corrected chi connectivity index (χ1v) is 8.86. The van der Waals surface area contributed by atoms with E-state index in [1.165, 1.54) is 0 Å². The highest BCUT2D eigenvalue weighted by Gasteiger charge is 2.34. The molecule has 0 saturated heterocycles. The molecule has 1 aliphatic carbocycles. The minimum absolute atomic E-state index is 0.174. The second kappa shape index (κ2) is 7.14. The molecule has 0 radical (unpaired) electrons. The van der Waals surface area contributed by atoms with E-state index in [2.05, 4.69) is 10.3 Å². The van der Waals surface area contributed by atoms with E-state index in [1.807, 2.05) is 54.6 Å². The van der Waals surface area contributed by atoms with Crippen molar-refractivity contribution in [3.8, 4) is 0 Å². The Bertz CT molecular complexity index is 904. The Hall–Kier alpha value is -2.92. The molecule has 26 heavy (non-hydrogen) atoms. The average molecular weight is 347 g/mol. The SMILES string of the molecule is O=C(Nc1cccc2cnccc12)N(C[C@@H](O)c1ccccc1)C1CC1. The van der Waals surface area contributed by atoms with Crippen molar-refractivity contribution >= 4 is 22.5 Å². The predicted molar refractivity (Wildman–Crippen MR) is 102 cm³/mol. The van der Waals surface area contributed by atoms with E-state index < -0.39 is 6.10 Å². The minimum atomic E-state index is -0.695. The highest BCUT2D eigenvalue weighted by molar-refractivity contribution is 6.01. The van der Waals surface area contributed by atoms with Crippen LogP contribution in [0.4, 0.5) is 10.5 Å². The van der Waals surface area contributed by atoms with Gasteiger partial charge in [0.1, 0.15) is 0 Å². The van der Waals surface area contributed by atoms with Crippen LogP contribution in [-0.4, -0.2) is 33.6 Å². The Morgan fingerprint density at radius 1 is 1.15 bits per heavy atom. The van der Waals surface area contributed by atoms with Gasteiger partial charge in [0.25, 0.3) is 0 Å². The average Bonchev–Trinajstić information content (AvgIpc) is 3.52. The van der Waals surface area contributed by atoms with Crippen LogP contribution in [-0.2, 0) is 0 Å². The third-order valence-corrected chi connectivity index (χ3v) is 4.72. The number of nitrogens with one attached hydrogen (secondary N) is 1. The van der Waals surface area contributed by atoms with Gasteiger partial charge in [-0.1, -0.05) is 42.5 Å². The molecule has 0 aliphatic heterocycles. The van der Waals surface area contributed by atoms with Crippen LogP contribution in [0, 0.1) is 0 Å². The number of nitrogens with zero attached hydrogens (tertiary/aromatic N) is 2. The lowest BCUT2D eigenvalue weighted by Crippen LogP contribution is -2.39. The summed E-state index contributed by atoms with van der Waals surface area (Å²) in [5, 5.41) is 15.5. The molecule has 5 heteroatoms. The summed E-state index contributed by atoms with van der Waals surface area (Å²) in [4.78, 5) is 18.8. The van der Waals surface area contributed by atoms with Crippen molar-refractivity contribution in [3.05, 3.63) is 72.6 Å². The van der Waals surface area contributed by atoms with Gasteiger partial charge < -0.3 is 15.3 Å². The summed E-state index contributed by atoms with van der Waals surface area (Å²) in [6, 6.07) is 17.1. The third-order valence-electron chi connectivity index (χ3n) is 4.72. The molecule has 132 valence electrons. The molecule has 1 aliphatic rings. The van der Waals surface area contributed by atoms with E-state index in [-0.39, 0.29) is 18.6 Å². The summed E-state index contributed by atoms with van der Waals surface area (Å²) in [6.07, 6.45) is 4.76. The predicted octanol–water partition coefficient (Wildman–Crippen LogP) is 3.96. The molecule has 0 bridgehead atoms. The molecular weight excluding hydrogens is 326 g/mol. The number of rotatable bonds is 5. The molecule has 4 rings (SSSR count). The van der Waals surface area contributed by atoms with Gasteiger partial charge in [-0.2, -0.15) is 0 Å². The number of carbonyl (C=O) groups is 1. The zero-order valence-corrected chi connectivity index (χ0v) is 14.4. The Balaban J connectivity index is 1.52. The summed E-state index contributed by atoms with van der Waals surface area (Å²) in [7, 11) is 0. The molecule has 0 spiro atoms. The van der Waals surface area contributed by atoms with Gasteiger partial charge in [0, 0.05) is 29.2 Å². The highest BCUT2D eigenvalue weighted by atomic mass is 16.3. The molecule has 1 atom stereocenters. The van der Waals surface area contributed by atoms with Gasteiger partial charge in [-0.15, -0.1) is 0 Å². The lowest BCUT2D eigenvalue weighted by molar-refractivity contribution is 0.123. The fourth-order valence-corrected chi connectivity index (χ4v) is 3.17. The number of anilines is 1. The smallest absolute Gasteiger partial charge is 0.322 e. The number of aliphatic hydroxyl groups excluding tert-OH is 1. The molecule has 2 N–H and O–H groups in total. The molecule has 2 aromatic carbocycles. The van der Waals surface area contributed by atoms with Crippen molar-refractivity contribution in [2.45, 2.75) is 25.0 Å². The normalized spacial score (nSPS) is 14.8. The standard InChI is InChI=1S/C21H21N3O2/c25-20(15-5-2-1-3-6-15)14-24(17-9-10-17)21(26)23-19-8-4-7-16-13-22-12-11-18(16)19/h1-8,11-13,17,20,25H,9-10,14H2,(H,23,26)/t20-/m1/s1. The maximum atomic E-state index is 12.9. The van der Waals surface area contributed by atoms with Crippen LogP contribution in [0.2, 0.25) is 0 Å². The first-order chi connectivity index (χ1) is 12.7. The number of fused-ring (bicyclic) bond motifs is 1. The second-order valence-corrected chi connectivity index (χ2v) is 6.64. The number of carbonyl (C=O) groups excluding carboxylic acids is 1. The lowest BCUT2D eigenvalue weighted by atomic mass is 10.1. The summed E-state index contributed by atoms with van der Waals surface area (Å²) in [5.41, 5.74) is 1.58. The second-order valence-electron chi connectivity index (χ2n) is 6.64. The fourth-order valence-electron chi connectivity index (χ4n) is 3.17. The minimum Gasteiger partial charge on any atom is -0.387 e. The van der Waals surface area contributed by atoms with Gasteiger partial charge in [0.2, 0.25) is 0 Å². The molecule has 0 unspecified atom stereocenters. The van der Waals surface area contributed by atoms with Crippen molar-refractivity contribution in [3.63, 3.8) is 0 Å². The topological polar surface area (TPSA) is 65.5 Å². The maximum absolute atomic E-state index is 12.9. The van der Waals surface area contributed by atoms with Crippen molar-refractivity contribution in [2.75, 3.05) is 11.9 Å². The summed E-state index contributed by atoms with van der Waals surface area (Å²) in [5.74, 6) is 0. The van der Waals surface area contributed by atoms with Gasteiger partial charge in [0.05, 0.1) is 18.3 Å². The summed E-state index contributed by atoms with van der Waals surface area (Å²) in [6.45, 7) is 0.285. The Morgan fingerprint density at radius 3 is 2.73 bits per heavy atom. The number of hydrogen-bond acceptors (Lipinski definition) is 3. The number of aliphatic hydroxyl groups is 1. The number of hydrogen-bond donors (Lipinski definition) is 2. The zero-order chi connectivity index (χ0) is 17.9. The molecule has 1 heterocycles. The molecule has 1 fully saturated rings. The van der Waals surface area contributed by atoms with Crippen LogP contribution in [0.5, 0.6) is 0 Å². The van der Waals surface area contributed by atoms with E-state index >= 15 is 0 Å². The van der Waals surface area contributed by atoms with Crippen molar-refractivity contribution in [1.82, 2.24) is 9.88 Å². The van der Waals surface area contributed by atoms with E-state index in [0.29, 0.717) is 0 Å². The molecular formula is C21H21N3O2. The van der Waals surface area contributed by atoms with Crippen LogP contribution < -0.4 is 5.32 Å². The molecule has 1 aromatic heterocycles. The number of amides is 2. The van der Waals surface area contributed by atoms with Crippen molar-refractivity contribution in [2.24, 2.45) is 0 Å². The Morgan fingerprint density at radius 2 is 1.96 bits per heavy atom. The molecule has 3 aromatic rings. The van der Waals surface area contributed by atoms with Crippen molar-refractivity contribution < 1.29 is 9.90 Å². The van der Waals surface area contributed by atoms with Gasteiger partial charge in [0.15, 0.2) is 0 Å². The van der Waals surface area contributed by atoms with Crippen molar-refractivity contribution in [1.29, 1.82) is 0 Å². The molecule has 5 nitrogen and oxygen atoms in total. The number of urea groups is 1. The van der Waals surface area contributed by atoms with Crippen LogP contribution in [0.15, 0.2) is 67.0 Å². The van der Waals surface area contributed by atoms with Gasteiger partial charge in [-0.3, -0.25) is 4.98 Å². The Labute approximate surface area is 152 Å². The number of pyridine rings is 1. The zero-order valence-electron chi connectivity index (χ0n) is 14.4. The first kappa shape index (κ1) is 16.5. The van der Waals surface area contributed by atoms with E-state index in [0.717, 1.165) is 34.9 Å². The van der Waals surface area contributed by atoms with Crippen LogP contribution in [0.25, 0.3) is 10.8 Å². The molecule has 2 amide bonds. The van der Waals surface area contributed by atoms with Gasteiger partial charge in [-0.05, 0) is 30.5 Å².